The number of fused-ring (bicyclic) bond motifs is 1. The number of rotatable bonds is 11. The van der Waals surface area contributed by atoms with Gasteiger partial charge in [-0.1, -0.05) is 12.8 Å². The molecule has 0 radical (unpaired) electrons. The third-order valence-electron chi connectivity index (χ3n) is 3.94. The van der Waals surface area contributed by atoms with Gasteiger partial charge < -0.3 is 19.9 Å². The number of aliphatic hydroxyl groups is 1. The van der Waals surface area contributed by atoms with Crippen LogP contribution in [0.15, 0.2) is 18.5 Å². The second kappa shape index (κ2) is 9.78. The first-order valence-electron chi connectivity index (χ1n) is 8.45. The number of carbonyl (C=O) groups excluding carboxylic acids is 1. The zero-order chi connectivity index (χ0) is 18.1. The first-order valence-corrected chi connectivity index (χ1v) is 8.45. The van der Waals surface area contributed by atoms with Crippen LogP contribution >= 0.6 is 0 Å². The third kappa shape index (κ3) is 5.29. The first kappa shape index (κ1) is 18.9. The van der Waals surface area contributed by atoms with Crippen molar-refractivity contribution in [2.45, 2.75) is 32.1 Å². The van der Waals surface area contributed by atoms with Gasteiger partial charge >= 0.3 is 0 Å². The fraction of sp³-hybridized carbons (Fsp3) is 0.500. The molecule has 136 valence electrons. The molecule has 0 aliphatic heterocycles. The number of benzene rings is 1. The summed E-state index contributed by atoms with van der Waals surface area (Å²) in [6, 6.07) is 3.73. The van der Waals surface area contributed by atoms with Gasteiger partial charge in [0.05, 0.1) is 19.2 Å². The van der Waals surface area contributed by atoms with E-state index in [0.29, 0.717) is 24.5 Å². The van der Waals surface area contributed by atoms with Crippen LogP contribution in [0, 0.1) is 0 Å². The molecule has 7 heteroatoms. The molecule has 0 fully saturated rings. The van der Waals surface area contributed by atoms with Crippen molar-refractivity contribution in [2.75, 3.05) is 32.7 Å². The van der Waals surface area contributed by atoms with Crippen molar-refractivity contribution in [1.29, 1.82) is 0 Å². The highest BCUT2D eigenvalue weighted by atomic mass is 16.5. The Morgan fingerprint density at radius 3 is 2.68 bits per heavy atom. The number of hydrogen-bond acceptors (Lipinski definition) is 7. The van der Waals surface area contributed by atoms with E-state index in [1.807, 2.05) is 19.2 Å². The number of nitrogens with zero attached hydrogens (tertiary/aromatic N) is 2. The lowest BCUT2D eigenvalue weighted by molar-refractivity contribution is -0.121. The second-order valence-corrected chi connectivity index (χ2v) is 5.70. The van der Waals surface area contributed by atoms with Crippen LogP contribution in [-0.4, -0.2) is 48.2 Å². The minimum atomic E-state index is -0.358. The smallest absolute Gasteiger partial charge is 0.162 e. The molecule has 2 aromatic rings. The van der Waals surface area contributed by atoms with Gasteiger partial charge in [0.15, 0.2) is 17.3 Å². The predicted molar refractivity (Wildman–Crippen MR) is 96.3 cm³/mol. The molecule has 0 aliphatic carbocycles. The number of aromatic nitrogens is 2. The highest BCUT2D eigenvalue weighted by molar-refractivity contribution is 5.91. The molecule has 0 aliphatic rings. The van der Waals surface area contributed by atoms with Crippen molar-refractivity contribution >= 4 is 22.5 Å². The van der Waals surface area contributed by atoms with Gasteiger partial charge in [-0.2, -0.15) is 0 Å². The highest BCUT2D eigenvalue weighted by Crippen LogP contribution is 2.33. The third-order valence-corrected chi connectivity index (χ3v) is 3.94. The fourth-order valence-electron chi connectivity index (χ4n) is 2.57. The van der Waals surface area contributed by atoms with Crippen molar-refractivity contribution in [3.8, 4) is 11.5 Å². The van der Waals surface area contributed by atoms with E-state index in [9.17, 15) is 4.79 Å². The number of carbonyl (C=O) groups is 1. The molecule has 7 nitrogen and oxygen atoms in total. The number of ketones is 1. The van der Waals surface area contributed by atoms with Gasteiger partial charge in [0.2, 0.25) is 0 Å². The van der Waals surface area contributed by atoms with Crippen LogP contribution < -0.4 is 14.8 Å². The molecule has 2 rings (SSSR count). The van der Waals surface area contributed by atoms with E-state index in [2.05, 4.69) is 15.3 Å². The average molecular weight is 347 g/mol. The molecule has 0 atom stereocenters. The van der Waals surface area contributed by atoms with E-state index in [-0.39, 0.29) is 12.4 Å². The van der Waals surface area contributed by atoms with Crippen molar-refractivity contribution in [3.63, 3.8) is 0 Å². The van der Waals surface area contributed by atoms with Gasteiger partial charge in [0.1, 0.15) is 18.8 Å². The Morgan fingerprint density at radius 2 is 1.96 bits per heavy atom. The normalized spacial score (nSPS) is 10.7. The molecule has 1 heterocycles. The Labute approximate surface area is 147 Å². The Hall–Kier alpha value is -2.41. The zero-order valence-corrected chi connectivity index (χ0v) is 14.7. The number of anilines is 1. The summed E-state index contributed by atoms with van der Waals surface area (Å²) in [5.41, 5.74) is 0.789. The molecule has 0 saturated carbocycles. The predicted octanol–water partition coefficient (Wildman–Crippen LogP) is 2.57. The highest BCUT2D eigenvalue weighted by Gasteiger charge is 2.11. The van der Waals surface area contributed by atoms with Crippen LogP contribution in [0.2, 0.25) is 0 Å². The SMILES string of the molecule is CNc1ncnc2cc(OC)c(OCCCCCCC(=O)CO)cc12. The topological polar surface area (TPSA) is 93.6 Å². The summed E-state index contributed by atoms with van der Waals surface area (Å²) in [5.74, 6) is 1.95. The average Bonchev–Trinajstić information content (AvgIpc) is 2.65. The fourth-order valence-corrected chi connectivity index (χ4v) is 2.57. The van der Waals surface area contributed by atoms with Crippen LogP contribution in [-0.2, 0) is 4.79 Å². The number of hydrogen-bond donors (Lipinski definition) is 2. The molecule has 2 N–H and O–H groups in total. The van der Waals surface area contributed by atoms with E-state index in [4.69, 9.17) is 14.6 Å². The monoisotopic (exact) mass is 347 g/mol. The molecular weight excluding hydrogens is 322 g/mol. The first-order chi connectivity index (χ1) is 12.2. The molecule has 0 unspecified atom stereocenters. The summed E-state index contributed by atoms with van der Waals surface area (Å²) < 4.78 is 11.3. The van der Waals surface area contributed by atoms with E-state index < -0.39 is 0 Å². The molecule has 0 amide bonds. The lowest BCUT2D eigenvalue weighted by Crippen LogP contribution is -2.03. The molecule has 1 aromatic heterocycles. The Morgan fingerprint density at radius 1 is 1.16 bits per heavy atom. The van der Waals surface area contributed by atoms with E-state index in [1.54, 1.807) is 7.11 Å². The van der Waals surface area contributed by atoms with Gasteiger partial charge in [-0.3, -0.25) is 4.79 Å². The maximum atomic E-state index is 11.0. The maximum Gasteiger partial charge on any atom is 0.162 e. The number of ether oxygens (including phenoxy) is 2. The molecular formula is C18H25N3O4. The summed E-state index contributed by atoms with van der Waals surface area (Å²) in [6.07, 6.45) is 5.57. The van der Waals surface area contributed by atoms with Crippen LogP contribution in [0.5, 0.6) is 11.5 Å². The Bertz CT molecular complexity index is 706. The van der Waals surface area contributed by atoms with E-state index >= 15 is 0 Å². The van der Waals surface area contributed by atoms with Crippen LogP contribution in [0.3, 0.4) is 0 Å². The van der Waals surface area contributed by atoms with E-state index in [1.165, 1.54) is 6.33 Å². The van der Waals surface area contributed by atoms with Gasteiger partial charge in [-0.15, -0.1) is 0 Å². The quantitative estimate of drug-likeness (QED) is 0.603. The van der Waals surface area contributed by atoms with Crippen LogP contribution in [0.25, 0.3) is 10.9 Å². The minimum absolute atomic E-state index is 0.0975. The number of methoxy groups -OCH3 is 1. The molecule has 25 heavy (non-hydrogen) atoms. The maximum absolute atomic E-state index is 11.0. The van der Waals surface area contributed by atoms with Crippen molar-refractivity contribution < 1.29 is 19.4 Å². The largest absolute Gasteiger partial charge is 0.493 e. The second-order valence-electron chi connectivity index (χ2n) is 5.70. The molecule has 0 spiro atoms. The van der Waals surface area contributed by atoms with Crippen LogP contribution in [0.4, 0.5) is 5.82 Å². The summed E-state index contributed by atoms with van der Waals surface area (Å²) in [7, 11) is 3.42. The number of Topliss-reactive ketones (excluding diaryl/α,β-unsaturated/α-hetero) is 1. The summed E-state index contributed by atoms with van der Waals surface area (Å²) in [4.78, 5) is 19.5. The molecule has 0 bridgehead atoms. The number of nitrogens with one attached hydrogen (secondary N) is 1. The Kier molecular flexibility index (Phi) is 7.40. The molecule has 1 aromatic carbocycles. The lowest BCUT2D eigenvalue weighted by atomic mass is 10.1. The van der Waals surface area contributed by atoms with Crippen molar-refractivity contribution in [3.05, 3.63) is 18.5 Å². The van der Waals surface area contributed by atoms with Gasteiger partial charge in [-0.25, -0.2) is 9.97 Å². The van der Waals surface area contributed by atoms with Crippen molar-refractivity contribution in [1.82, 2.24) is 9.97 Å². The number of unbranched alkanes of at least 4 members (excludes halogenated alkanes) is 3. The summed E-state index contributed by atoms with van der Waals surface area (Å²) >= 11 is 0. The van der Waals surface area contributed by atoms with Gasteiger partial charge in [-0.05, 0) is 18.9 Å². The minimum Gasteiger partial charge on any atom is -0.493 e. The standard InChI is InChI=1S/C18H25N3O4/c1-19-18-14-9-17(16(24-2)10-15(14)20-12-21-18)25-8-6-4-3-5-7-13(23)11-22/h9-10,12,22H,3-8,11H2,1-2H3,(H,19,20,21). The summed E-state index contributed by atoms with van der Waals surface area (Å²) in [6.45, 7) is 0.210. The van der Waals surface area contributed by atoms with Crippen molar-refractivity contribution in [2.24, 2.45) is 0 Å². The molecule has 0 saturated heterocycles. The Balaban J connectivity index is 1.90. The van der Waals surface area contributed by atoms with Gasteiger partial charge in [0, 0.05) is 24.9 Å². The van der Waals surface area contributed by atoms with E-state index in [0.717, 1.165) is 42.4 Å². The van der Waals surface area contributed by atoms with Gasteiger partial charge in [0.25, 0.3) is 0 Å². The number of aliphatic hydroxyl groups excluding tert-OH is 1. The lowest BCUT2D eigenvalue weighted by Gasteiger charge is -2.13. The van der Waals surface area contributed by atoms with Crippen LogP contribution in [0.1, 0.15) is 32.1 Å². The zero-order valence-electron chi connectivity index (χ0n) is 14.7. The summed E-state index contributed by atoms with van der Waals surface area (Å²) in [5, 5.41) is 12.6.